The monoisotopic (exact) mass is 297 g/mol. The van der Waals surface area contributed by atoms with E-state index in [-0.39, 0.29) is 6.04 Å². The zero-order chi connectivity index (χ0) is 14.4. The molecule has 2 heterocycles. The van der Waals surface area contributed by atoms with Gasteiger partial charge in [0.05, 0.1) is 0 Å². The van der Waals surface area contributed by atoms with Crippen LogP contribution in [0.1, 0.15) is 12.0 Å². The smallest absolute Gasteiger partial charge is 0.159 e. The maximum Gasteiger partial charge on any atom is 0.159 e. The van der Waals surface area contributed by atoms with Gasteiger partial charge in [0.2, 0.25) is 0 Å². The van der Waals surface area contributed by atoms with E-state index in [1.54, 1.807) is 0 Å². The molecule has 0 bridgehead atoms. The Labute approximate surface area is 127 Å². The van der Waals surface area contributed by atoms with E-state index in [0.717, 1.165) is 22.6 Å². The lowest BCUT2D eigenvalue weighted by Crippen LogP contribution is -2.37. The van der Waals surface area contributed by atoms with Crippen LogP contribution >= 0.6 is 11.8 Å². The number of hydrogen-bond acceptors (Lipinski definition) is 5. The van der Waals surface area contributed by atoms with Gasteiger partial charge in [0.15, 0.2) is 5.17 Å². The lowest BCUT2D eigenvalue weighted by molar-refractivity contribution is 0.376. The molecule has 3 aliphatic rings. The van der Waals surface area contributed by atoms with E-state index < -0.39 is 5.54 Å². The zero-order valence-corrected chi connectivity index (χ0v) is 12.1. The van der Waals surface area contributed by atoms with Crippen molar-refractivity contribution >= 4 is 16.9 Å². The summed E-state index contributed by atoms with van der Waals surface area (Å²) in [5, 5.41) is 2.56. The van der Waals surface area contributed by atoms with Crippen LogP contribution in [0.3, 0.4) is 0 Å². The van der Waals surface area contributed by atoms with E-state index >= 15 is 0 Å². The fourth-order valence-corrected chi connectivity index (χ4v) is 3.67. The van der Waals surface area contributed by atoms with E-state index in [1.807, 2.05) is 41.8 Å². The van der Waals surface area contributed by atoms with Crippen LogP contribution < -0.4 is 16.2 Å². The zero-order valence-electron chi connectivity index (χ0n) is 11.3. The van der Waals surface area contributed by atoms with E-state index in [4.69, 9.17) is 21.2 Å². The van der Waals surface area contributed by atoms with E-state index in [2.05, 4.69) is 6.08 Å². The molecule has 2 unspecified atom stereocenters. The average Bonchev–Trinajstić information content (AvgIpc) is 2.49. The quantitative estimate of drug-likeness (QED) is 0.771. The van der Waals surface area contributed by atoms with Crippen LogP contribution in [0, 0.1) is 0 Å². The molecule has 0 aromatic heterocycles. The minimum Gasteiger partial charge on any atom is -0.457 e. The highest BCUT2D eigenvalue weighted by atomic mass is 32.2. The van der Waals surface area contributed by atoms with Crippen molar-refractivity contribution in [3.63, 3.8) is 0 Å². The average molecular weight is 297 g/mol. The summed E-state index contributed by atoms with van der Waals surface area (Å²) in [6, 6.07) is 7.94. The van der Waals surface area contributed by atoms with Crippen molar-refractivity contribution in [2.75, 3.05) is 0 Å². The van der Waals surface area contributed by atoms with E-state index in [9.17, 15) is 0 Å². The molecular weight excluding hydrogens is 282 g/mol. The number of hydrogen-bond donors (Lipinski definition) is 2. The van der Waals surface area contributed by atoms with Crippen molar-refractivity contribution < 1.29 is 4.74 Å². The SMILES string of the molecule is NC1=NC2(C=CS1)C1=C(C=CC(N)C1)Oc1ccccc12. The number of aliphatic imine (C=N–C) groups is 1. The van der Waals surface area contributed by atoms with Gasteiger partial charge >= 0.3 is 0 Å². The number of fused-ring (bicyclic) bond motifs is 3. The normalized spacial score (nSPS) is 29.8. The summed E-state index contributed by atoms with van der Waals surface area (Å²) in [6.45, 7) is 0. The Bertz CT molecular complexity index is 735. The summed E-state index contributed by atoms with van der Waals surface area (Å²) < 4.78 is 6.03. The second kappa shape index (κ2) is 4.51. The van der Waals surface area contributed by atoms with Crippen LogP contribution in [0.5, 0.6) is 5.75 Å². The van der Waals surface area contributed by atoms with Crippen molar-refractivity contribution in [1.82, 2.24) is 0 Å². The number of amidine groups is 1. The van der Waals surface area contributed by atoms with Crippen LogP contribution in [-0.2, 0) is 5.54 Å². The van der Waals surface area contributed by atoms with Crippen molar-refractivity contribution in [2.24, 2.45) is 16.5 Å². The number of nitrogens with zero attached hydrogens (tertiary/aromatic N) is 1. The van der Waals surface area contributed by atoms with Crippen LogP contribution in [0.4, 0.5) is 0 Å². The highest BCUT2D eigenvalue weighted by molar-refractivity contribution is 8.16. The van der Waals surface area contributed by atoms with Gasteiger partial charge < -0.3 is 16.2 Å². The Morgan fingerprint density at radius 1 is 1.33 bits per heavy atom. The molecule has 21 heavy (non-hydrogen) atoms. The molecule has 1 aromatic carbocycles. The van der Waals surface area contributed by atoms with Crippen LogP contribution in [0.25, 0.3) is 0 Å². The number of rotatable bonds is 0. The van der Waals surface area contributed by atoms with Gasteiger partial charge in [-0.2, -0.15) is 0 Å². The molecule has 4 N–H and O–H groups in total. The molecule has 1 spiro atoms. The Kier molecular flexibility index (Phi) is 2.74. The van der Waals surface area contributed by atoms with Crippen LogP contribution in [0.2, 0.25) is 0 Å². The molecule has 4 rings (SSSR count). The lowest BCUT2D eigenvalue weighted by Gasteiger charge is -2.39. The topological polar surface area (TPSA) is 73.6 Å². The predicted molar refractivity (Wildman–Crippen MR) is 85.9 cm³/mol. The standard InChI is InChI=1S/C16H15N3OS/c17-10-5-6-14-12(9-10)16(7-8-21-15(18)19-16)11-3-1-2-4-13(11)20-14/h1-8,10H,9,17H2,(H2,18,19). The summed E-state index contributed by atoms with van der Waals surface area (Å²) in [5.41, 5.74) is 13.6. The second-order valence-corrected chi connectivity index (χ2v) is 6.23. The highest BCUT2D eigenvalue weighted by Gasteiger charge is 2.44. The molecule has 2 atom stereocenters. The Morgan fingerprint density at radius 3 is 3.05 bits per heavy atom. The fourth-order valence-electron chi connectivity index (χ4n) is 3.06. The molecule has 0 saturated heterocycles. The summed E-state index contributed by atoms with van der Waals surface area (Å²) in [7, 11) is 0. The first-order chi connectivity index (χ1) is 10.2. The number of nitrogens with two attached hydrogens (primary N) is 2. The molecule has 1 aromatic rings. The molecule has 1 aliphatic carbocycles. The van der Waals surface area contributed by atoms with Crippen LogP contribution in [-0.4, -0.2) is 11.2 Å². The molecule has 0 saturated carbocycles. The number of allylic oxidation sites excluding steroid dienone is 1. The minimum absolute atomic E-state index is 0.0195. The maximum absolute atomic E-state index is 6.10. The Morgan fingerprint density at radius 2 is 2.19 bits per heavy atom. The third-order valence-corrected chi connectivity index (χ3v) is 4.60. The third-order valence-electron chi connectivity index (χ3n) is 3.99. The van der Waals surface area contributed by atoms with Gasteiger partial charge in [-0.05, 0) is 30.0 Å². The largest absolute Gasteiger partial charge is 0.457 e. The van der Waals surface area contributed by atoms with E-state index in [1.165, 1.54) is 11.8 Å². The van der Waals surface area contributed by atoms with Crippen molar-refractivity contribution in [1.29, 1.82) is 0 Å². The Balaban J connectivity index is 2.00. The van der Waals surface area contributed by atoms with Gasteiger partial charge in [0.1, 0.15) is 17.0 Å². The first-order valence-corrected chi connectivity index (χ1v) is 7.71. The molecular formula is C16H15N3OS. The summed E-state index contributed by atoms with van der Waals surface area (Å²) in [5.74, 6) is 1.66. The number of ether oxygens (including phenoxy) is 1. The second-order valence-electron chi connectivity index (χ2n) is 5.31. The van der Waals surface area contributed by atoms with Crippen molar-refractivity contribution in [3.05, 3.63) is 64.8 Å². The molecule has 0 amide bonds. The summed E-state index contributed by atoms with van der Waals surface area (Å²) in [6.07, 6.45) is 6.72. The predicted octanol–water partition coefficient (Wildman–Crippen LogP) is 2.39. The van der Waals surface area contributed by atoms with Gasteiger partial charge in [0.25, 0.3) is 0 Å². The van der Waals surface area contributed by atoms with Gasteiger partial charge in [-0.3, -0.25) is 0 Å². The molecule has 106 valence electrons. The summed E-state index contributed by atoms with van der Waals surface area (Å²) in [4.78, 5) is 4.78. The summed E-state index contributed by atoms with van der Waals surface area (Å²) >= 11 is 1.44. The molecule has 4 nitrogen and oxygen atoms in total. The lowest BCUT2D eigenvalue weighted by atomic mass is 9.76. The fraction of sp³-hybridized carbons (Fsp3) is 0.188. The third kappa shape index (κ3) is 1.85. The maximum atomic E-state index is 6.10. The Hall–Kier alpha value is -1.98. The highest BCUT2D eigenvalue weighted by Crippen LogP contribution is 2.50. The van der Waals surface area contributed by atoms with Crippen molar-refractivity contribution in [3.8, 4) is 5.75 Å². The molecule has 0 fully saturated rings. The van der Waals surface area contributed by atoms with Gasteiger partial charge in [-0.15, -0.1) is 0 Å². The van der Waals surface area contributed by atoms with Gasteiger partial charge in [0, 0.05) is 17.2 Å². The van der Waals surface area contributed by atoms with E-state index in [0.29, 0.717) is 11.6 Å². The number of para-hydroxylation sites is 1. The van der Waals surface area contributed by atoms with Crippen LogP contribution in [0.15, 0.2) is 64.2 Å². The van der Waals surface area contributed by atoms with Crippen molar-refractivity contribution in [2.45, 2.75) is 18.0 Å². The first kappa shape index (κ1) is 12.7. The molecule has 5 heteroatoms. The first-order valence-electron chi connectivity index (χ1n) is 6.83. The molecule has 0 radical (unpaired) electrons. The molecule has 2 aliphatic heterocycles. The number of benzene rings is 1. The minimum atomic E-state index is -0.581. The van der Waals surface area contributed by atoms with Gasteiger partial charge in [-0.1, -0.05) is 36.0 Å². The van der Waals surface area contributed by atoms with Gasteiger partial charge in [-0.25, -0.2) is 4.99 Å². The number of thioether (sulfide) groups is 1.